The Bertz CT molecular complexity index is 335. The fraction of sp³-hybridized carbons (Fsp3) is 0.538. The summed E-state index contributed by atoms with van der Waals surface area (Å²) < 4.78 is 5.58. The van der Waals surface area contributed by atoms with Gasteiger partial charge in [0.05, 0.1) is 6.61 Å². The van der Waals surface area contributed by atoms with Gasteiger partial charge in [-0.1, -0.05) is 19.1 Å². The minimum Gasteiger partial charge on any atom is -0.493 e. The number of hydrogen-bond donors (Lipinski definition) is 1. The first-order chi connectivity index (χ1) is 7.31. The van der Waals surface area contributed by atoms with Crippen molar-refractivity contribution in [3.05, 3.63) is 29.3 Å². The number of fused-ring (bicyclic) bond motifs is 1. The van der Waals surface area contributed by atoms with Crippen molar-refractivity contribution in [1.29, 1.82) is 0 Å². The van der Waals surface area contributed by atoms with E-state index in [4.69, 9.17) is 4.74 Å². The Morgan fingerprint density at radius 2 is 2.33 bits per heavy atom. The third-order valence-electron chi connectivity index (χ3n) is 2.99. The molecule has 1 aromatic carbocycles. The topological polar surface area (TPSA) is 21.3 Å². The highest BCUT2D eigenvalue weighted by Gasteiger charge is 2.19. The van der Waals surface area contributed by atoms with Crippen molar-refractivity contribution in [1.82, 2.24) is 5.32 Å². The van der Waals surface area contributed by atoms with Crippen LogP contribution in [-0.2, 0) is 6.42 Å². The molecule has 1 atom stereocenters. The molecule has 0 spiro atoms. The standard InChI is InChI=1S/C13H19NO/c1-10-9-15-13-6-5-11(8-12(10)13)4-3-7-14-2/h5-6,8,10,14H,3-4,7,9H2,1-2H3. The van der Waals surface area contributed by atoms with E-state index < -0.39 is 0 Å². The summed E-state index contributed by atoms with van der Waals surface area (Å²) in [5.41, 5.74) is 2.82. The summed E-state index contributed by atoms with van der Waals surface area (Å²) in [7, 11) is 2.00. The fourth-order valence-corrected chi connectivity index (χ4v) is 2.04. The molecule has 1 aromatic rings. The van der Waals surface area contributed by atoms with Crippen molar-refractivity contribution in [3.8, 4) is 5.75 Å². The van der Waals surface area contributed by atoms with E-state index in [-0.39, 0.29) is 0 Å². The van der Waals surface area contributed by atoms with Gasteiger partial charge >= 0.3 is 0 Å². The van der Waals surface area contributed by atoms with Crippen molar-refractivity contribution in [3.63, 3.8) is 0 Å². The predicted octanol–water partition coefficient (Wildman–Crippen LogP) is 2.33. The van der Waals surface area contributed by atoms with E-state index in [1.807, 2.05) is 7.05 Å². The van der Waals surface area contributed by atoms with Crippen LogP contribution in [0.3, 0.4) is 0 Å². The van der Waals surface area contributed by atoms with Crippen LogP contribution in [0.4, 0.5) is 0 Å². The molecule has 0 aromatic heterocycles. The summed E-state index contributed by atoms with van der Waals surface area (Å²) in [6.07, 6.45) is 2.35. The van der Waals surface area contributed by atoms with E-state index in [2.05, 4.69) is 30.4 Å². The Kier molecular flexibility index (Phi) is 3.27. The number of nitrogens with one attached hydrogen (secondary N) is 1. The SMILES string of the molecule is CNCCCc1ccc2c(c1)C(C)CO2. The molecule has 0 radical (unpaired) electrons. The van der Waals surface area contributed by atoms with Crippen LogP contribution in [0.2, 0.25) is 0 Å². The molecule has 1 heterocycles. The molecule has 0 saturated heterocycles. The second-order valence-electron chi connectivity index (χ2n) is 4.29. The Morgan fingerprint density at radius 3 is 3.13 bits per heavy atom. The minimum atomic E-state index is 0.559. The third kappa shape index (κ3) is 2.32. The zero-order chi connectivity index (χ0) is 10.7. The lowest BCUT2D eigenvalue weighted by Gasteiger charge is -2.05. The van der Waals surface area contributed by atoms with Gasteiger partial charge in [0.1, 0.15) is 5.75 Å². The van der Waals surface area contributed by atoms with Crippen molar-refractivity contribution in [2.75, 3.05) is 20.2 Å². The van der Waals surface area contributed by atoms with Gasteiger partial charge in [-0.25, -0.2) is 0 Å². The van der Waals surface area contributed by atoms with E-state index in [0.29, 0.717) is 5.92 Å². The van der Waals surface area contributed by atoms with Crippen LogP contribution in [0.5, 0.6) is 5.75 Å². The first-order valence-electron chi connectivity index (χ1n) is 5.71. The molecule has 0 amide bonds. The van der Waals surface area contributed by atoms with Gasteiger partial charge in [0.25, 0.3) is 0 Å². The number of ether oxygens (including phenoxy) is 1. The molecule has 0 fully saturated rings. The molecule has 1 unspecified atom stereocenters. The Hall–Kier alpha value is -1.02. The molecule has 2 rings (SSSR count). The summed E-state index contributed by atoms with van der Waals surface area (Å²) in [5, 5.41) is 3.17. The zero-order valence-electron chi connectivity index (χ0n) is 9.55. The van der Waals surface area contributed by atoms with Gasteiger partial charge in [0, 0.05) is 11.5 Å². The lowest BCUT2D eigenvalue weighted by Crippen LogP contribution is -2.08. The lowest BCUT2D eigenvalue weighted by molar-refractivity contribution is 0.337. The number of rotatable bonds is 4. The molecule has 1 aliphatic heterocycles. The summed E-state index contributed by atoms with van der Waals surface area (Å²) >= 11 is 0. The monoisotopic (exact) mass is 205 g/mol. The highest BCUT2D eigenvalue weighted by atomic mass is 16.5. The van der Waals surface area contributed by atoms with Gasteiger partial charge in [-0.15, -0.1) is 0 Å². The normalized spacial score (nSPS) is 18.7. The van der Waals surface area contributed by atoms with E-state index in [9.17, 15) is 0 Å². The molecule has 0 bridgehead atoms. The zero-order valence-corrected chi connectivity index (χ0v) is 9.55. The highest BCUT2D eigenvalue weighted by Crippen LogP contribution is 2.34. The van der Waals surface area contributed by atoms with E-state index in [1.165, 1.54) is 17.5 Å². The van der Waals surface area contributed by atoms with Gasteiger partial charge in [0.2, 0.25) is 0 Å². The quantitative estimate of drug-likeness (QED) is 0.762. The second kappa shape index (κ2) is 4.67. The van der Waals surface area contributed by atoms with Crippen molar-refractivity contribution < 1.29 is 4.74 Å². The summed E-state index contributed by atoms with van der Waals surface area (Å²) in [4.78, 5) is 0. The van der Waals surface area contributed by atoms with E-state index >= 15 is 0 Å². The van der Waals surface area contributed by atoms with Crippen LogP contribution < -0.4 is 10.1 Å². The number of hydrogen-bond acceptors (Lipinski definition) is 2. The summed E-state index contributed by atoms with van der Waals surface area (Å²) in [5.74, 6) is 1.64. The van der Waals surface area contributed by atoms with Crippen LogP contribution in [0, 0.1) is 0 Å². The van der Waals surface area contributed by atoms with Crippen LogP contribution in [0.25, 0.3) is 0 Å². The molecular weight excluding hydrogens is 186 g/mol. The van der Waals surface area contributed by atoms with Crippen molar-refractivity contribution in [2.24, 2.45) is 0 Å². The van der Waals surface area contributed by atoms with Gasteiger partial charge in [-0.05, 0) is 38.1 Å². The van der Waals surface area contributed by atoms with Gasteiger partial charge < -0.3 is 10.1 Å². The summed E-state index contributed by atoms with van der Waals surface area (Å²) in [6, 6.07) is 6.61. The predicted molar refractivity (Wildman–Crippen MR) is 62.6 cm³/mol. The average molecular weight is 205 g/mol. The number of aryl methyl sites for hydroxylation is 1. The molecular formula is C13H19NO. The van der Waals surface area contributed by atoms with Crippen LogP contribution in [0.1, 0.15) is 30.4 Å². The maximum absolute atomic E-state index is 5.58. The smallest absolute Gasteiger partial charge is 0.122 e. The van der Waals surface area contributed by atoms with Gasteiger partial charge in [-0.3, -0.25) is 0 Å². The first-order valence-corrected chi connectivity index (χ1v) is 5.71. The van der Waals surface area contributed by atoms with Crippen LogP contribution in [0.15, 0.2) is 18.2 Å². The lowest BCUT2D eigenvalue weighted by atomic mass is 9.99. The van der Waals surface area contributed by atoms with Gasteiger partial charge in [-0.2, -0.15) is 0 Å². The maximum Gasteiger partial charge on any atom is 0.122 e. The Labute approximate surface area is 91.6 Å². The second-order valence-corrected chi connectivity index (χ2v) is 4.29. The largest absolute Gasteiger partial charge is 0.493 e. The Balaban J connectivity index is 2.05. The summed E-state index contributed by atoms with van der Waals surface area (Å²) in [6.45, 7) is 4.15. The molecule has 82 valence electrons. The maximum atomic E-state index is 5.58. The molecule has 0 saturated carbocycles. The molecule has 0 aliphatic carbocycles. The molecule has 2 heteroatoms. The molecule has 1 N–H and O–H groups in total. The van der Waals surface area contributed by atoms with Gasteiger partial charge in [0.15, 0.2) is 0 Å². The number of benzene rings is 1. The van der Waals surface area contributed by atoms with Crippen molar-refractivity contribution in [2.45, 2.75) is 25.7 Å². The Morgan fingerprint density at radius 1 is 1.47 bits per heavy atom. The minimum absolute atomic E-state index is 0.559. The van der Waals surface area contributed by atoms with E-state index in [1.54, 1.807) is 0 Å². The van der Waals surface area contributed by atoms with Crippen LogP contribution >= 0.6 is 0 Å². The van der Waals surface area contributed by atoms with Crippen molar-refractivity contribution >= 4 is 0 Å². The van der Waals surface area contributed by atoms with Crippen LogP contribution in [-0.4, -0.2) is 20.2 Å². The fourth-order valence-electron chi connectivity index (χ4n) is 2.04. The molecule has 2 nitrogen and oxygen atoms in total. The molecule has 1 aliphatic rings. The molecule has 15 heavy (non-hydrogen) atoms. The van der Waals surface area contributed by atoms with E-state index in [0.717, 1.165) is 25.3 Å². The third-order valence-corrected chi connectivity index (χ3v) is 2.99. The first kappa shape index (κ1) is 10.5. The average Bonchev–Trinajstić information content (AvgIpc) is 2.61. The highest BCUT2D eigenvalue weighted by molar-refractivity contribution is 5.42.